The summed E-state index contributed by atoms with van der Waals surface area (Å²) in [6.07, 6.45) is 0.587. The van der Waals surface area contributed by atoms with Gasteiger partial charge in [0, 0.05) is 20.1 Å². The Kier molecular flexibility index (Phi) is 4.65. The minimum Gasteiger partial charge on any atom is -0.487 e. The van der Waals surface area contributed by atoms with Crippen LogP contribution in [0.5, 0.6) is 5.75 Å². The molecule has 16 heavy (non-hydrogen) atoms. The molecule has 1 rings (SSSR count). The van der Waals surface area contributed by atoms with E-state index in [2.05, 4.69) is 0 Å². The van der Waals surface area contributed by atoms with Gasteiger partial charge in [0.1, 0.15) is 0 Å². The smallest absolute Gasteiger partial charge is 0.346 e. The fourth-order valence-electron chi connectivity index (χ4n) is 1.17. The van der Waals surface area contributed by atoms with Gasteiger partial charge in [-0.1, -0.05) is 6.07 Å². The van der Waals surface area contributed by atoms with Crippen LogP contribution in [0.3, 0.4) is 0 Å². The highest BCUT2D eigenvalue weighted by Crippen LogP contribution is 2.29. The van der Waals surface area contributed by atoms with Gasteiger partial charge in [0.2, 0.25) is 5.82 Å². The standard InChI is InChI=1S/C10H12FNO4/c1-15-6-3-7-16-9-5-2-4-8(11)10(9)12(13)14/h2,4-5H,3,6-7H2,1H3. The van der Waals surface area contributed by atoms with E-state index in [4.69, 9.17) is 9.47 Å². The number of nitro benzene ring substituents is 1. The van der Waals surface area contributed by atoms with Gasteiger partial charge < -0.3 is 9.47 Å². The van der Waals surface area contributed by atoms with E-state index in [1.165, 1.54) is 12.1 Å². The Bertz CT molecular complexity index is 370. The van der Waals surface area contributed by atoms with Gasteiger partial charge in [-0.3, -0.25) is 10.1 Å². The Morgan fingerprint density at radius 1 is 1.44 bits per heavy atom. The third-order valence-electron chi connectivity index (χ3n) is 1.88. The predicted molar refractivity (Wildman–Crippen MR) is 55.0 cm³/mol. The lowest BCUT2D eigenvalue weighted by Gasteiger charge is -2.06. The summed E-state index contributed by atoms with van der Waals surface area (Å²) in [5.74, 6) is -0.949. The van der Waals surface area contributed by atoms with Gasteiger partial charge in [0.15, 0.2) is 5.75 Å². The molecule has 0 radical (unpaired) electrons. The highest BCUT2D eigenvalue weighted by atomic mass is 19.1. The second-order valence-electron chi connectivity index (χ2n) is 3.04. The largest absolute Gasteiger partial charge is 0.487 e. The van der Waals surface area contributed by atoms with Crippen molar-refractivity contribution in [2.24, 2.45) is 0 Å². The molecule has 0 bridgehead atoms. The lowest BCUT2D eigenvalue weighted by atomic mass is 10.3. The highest BCUT2D eigenvalue weighted by molar-refractivity contribution is 5.47. The van der Waals surface area contributed by atoms with Gasteiger partial charge in [-0.25, -0.2) is 0 Å². The van der Waals surface area contributed by atoms with Crippen molar-refractivity contribution in [3.8, 4) is 5.75 Å². The molecule has 0 saturated carbocycles. The van der Waals surface area contributed by atoms with E-state index < -0.39 is 16.4 Å². The van der Waals surface area contributed by atoms with Crippen LogP contribution < -0.4 is 4.74 Å². The molecule has 0 spiro atoms. The first-order valence-electron chi connectivity index (χ1n) is 4.71. The summed E-state index contributed by atoms with van der Waals surface area (Å²) in [7, 11) is 1.55. The van der Waals surface area contributed by atoms with Crippen LogP contribution in [-0.2, 0) is 4.74 Å². The van der Waals surface area contributed by atoms with Crippen LogP contribution in [0, 0.1) is 15.9 Å². The zero-order chi connectivity index (χ0) is 12.0. The molecule has 0 unspecified atom stereocenters. The monoisotopic (exact) mass is 229 g/mol. The highest BCUT2D eigenvalue weighted by Gasteiger charge is 2.20. The number of hydrogen-bond donors (Lipinski definition) is 0. The van der Waals surface area contributed by atoms with Crippen LogP contribution in [0.1, 0.15) is 6.42 Å². The molecule has 1 aromatic rings. The third kappa shape index (κ3) is 3.16. The van der Waals surface area contributed by atoms with Crippen molar-refractivity contribution in [3.63, 3.8) is 0 Å². The van der Waals surface area contributed by atoms with Gasteiger partial charge in [-0.15, -0.1) is 0 Å². The van der Waals surface area contributed by atoms with Crippen molar-refractivity contribution >= 4 is 5.69 Å². The number of para-hydroxylation sites is 1. The summed E-state index contributed by atoms with van der Waals surface area (Å²) in [5.41, 5.74) is -0.625. The third-order valence-corrected chi connectivity index (χ3v) is 1.88. The fourth-order valence-corrected chi connectivity index (χ4v) is 1.17. The molecule has 0 N–H and O–H groups in total. The molecule has 0 aromatic heterocycles. The van der Waals surface area contributed by atoms with Crippen LogP contribution in [0.25, 0.3) is 0 Å². The van der Waals surface area contributed by atoms with Crippen LogP contribution in [0.15, 0.2) is 18.2 Å². The zero-order valence-electron chi connectivity index (χ0n) is 8.81. The number of halogens is 1. The molecule has 1 aromatic carbocycles. The fraction of sp³-hybridized carbons (Fsp3) is 0.400. The van der Waals surface area contributed by atoms with Crippen molar-refractivity contribution in [2.75, 3.05) is 20.3 Å². The van der Waals surface area contributed by atoms with Gasteiger partial charge in [0.25, 0.3) is 0 Å². The van der Waals surface area contributed by atoms with Crippen molar-refractivity contribution in [1.82, 2.24) is 0 Å². The molecule has 0 amide bonds. The molecule has 0 fully saturated rings. The number of benzene rings is 1. The molecule has 5 nitrogen and oxygen atoms in total. The Morgan fingerprint density at radius 3 is 2.81 bits per heavy atom. The maximum absolute atomic E-state index is 13.1. The molecule has 0 aliphatic rings. The Morgan fingerprint density at radius 2 is 2.19 bits per heavy atom. The van der Waals surface area contributed by atoms with Crippen molar-refractivity contribution < 1.29 is 18.8 Å². The first-order chi connectivity index (χ1) is 7.66. The molecule has 6 heteroatoms. The lowest BCUT2D eigenvalue weighted by molar-refractivity contribution is -0.388. The number of nitrogens with zero attached hydrogens (tertiary/aromatic N) is 1. The van der Waals surface area contributed by atoms with Crippen molar-refractivity contribution in [1.29, 1.82) is 0 Å². The number of rotatable bonds is 6. The number of hydrogen-bond acceptors (Lipinski definition) is 4. The Labute approximate surface area is 91.9 Å². The van der Waals surface area contributed by atoms with Gasteiger partial charge in [-0.05, 0) is 12.1 Å². The number of methoxy groups -OCH3 is 1. The maximum atomic E-state index is 13.1. The average molecular weight is 229 g/mol. The van der Waals surface area contributed by atoms with E-state index >= 15 is 0 Å². The van der Waals surface area contributed by atoms with E-state index in [9.17, 15) is 14.5 Å². The van der Waals surface area contributed by atoms with Gasteiger partial charge >= 0.3 is 5.69 Å². The molecule has 88 valence electrons. The predicted octanol–water partition coefficient (Wildman–Crippen LogP) is 2.15. The molecule has 0 saturated heterocycles. The first-order valence-corrected chi connectivity index (χ1v) is 4.71. The molecular formula is C10H12FNO4. The quantitative estimate of drug-likeness (QED) is 0.426. The van der Waals surface area contributed by atoms with Crippen molar-refractivity contribution in [2.45, 2.75) is 6.42 Å². The summed E-state index contributed by atoms with van der Waals surface area (Å²) in [6, 6.07) is 3.77. The number of ether oxygens (including phenoxy) is 2. The van der Waals surface area contributed by atoms with E-state index in [0.717, 1.165) is 6.07 Å². The maximum Gasteiger partial charge on any atom is 0.346 e. The topological polar surface area (TPSA) is 61.6 Å². The minimum atomic E-state index is -0.894. The minimum absolute atomic E-state index is 0.0545. The lowest BCUT2D eigenvalue weighted by Crippen LogP contribution is -2.04. The summed E-state index contributed by atoms with van der Waals surface area (Å²) in [4.78, 5) is 9.80. The van der Waals surface area contributed by atoms with E-state index in [1.807, 2.05) is 0 Å². The van der Waals surface area contributed by atoms with Gasteiger partial charge in [0.05, 0.1) is 11.5 Å². The molecule has 0 atom stereocenters. The molecule has 0 aliphatic carbocycles. The van der Waals surface area contributed by atoms with Crippen LogP contribution in [0.2, 0.25) is 0 Å². The summed E-state index contributed by atoms with van der Waals surface area (Å²) in [6.45, 7) is 0.737. The van der Waals surface area contributed by atoms with Crippen LogP contribution >= 0.6 is 0 Å². The van der Waals surface area contributed by atoms with Crippen molar-refractivity contribution in [3.05, 3.63) is 34.1 Å². The van der Waals surface area contributed by atoms with E-state index in [-0.39, 0.29) is 12.4 Å². The average Bonchev–Trinajstić information content (AvgIpc) is 2.24. The molecule has 0 heterocycles. The summed E-state index contributed by atoms with van der Waals surface area (Å²) < 4.78 is 23.0. The summed E-state index contributed by atoms with van der Waals surface area (Å²) >= 11 is 0. The Hall–Kier alpha value is -1.69. The van der Waals surface area contributed by atoms with Crippen LogP contribution in [0.4, 0.5) is 10.1 Å². The first kappa shape index (κ1) is 12.4. The summed E-state index contributed by atoms with van der Waals surface area (Å²) in [5, 5.41) is 10.6. The number of nitro groups is 1. The SMILES string of the molecule is COCCCOc1cccc(F)c1[N+](=O)[O-]. The second-order valence-corrected chi connectivity index (χ2v) is 3.04. The van der Waals surface area contributed by atoms with Crippen LogP contribution in [-0.4, -0.2) is 25.2 Å². The Balaban J connectivity index is 2.71. The molecular weight excluding hydrogens is 217 g/mol. The van der Waals surface area contributed by atoms with E-state index in [1.54, 1.807) is 7.11 Å². The normalized spacial score (nSPS) is 10.1. The molecule has 0 aliphatic heterocycles. The zero-order valence-corrected chi connectivity index (χ0v) is 8.81. The van der Waals surface area contributed by atoms with Gasteiger partial charge in [-0.2, -0.15) is 4.39 Å². The second kappa shape index (κ2) is 6.02. The van der Waals surface area contributed by atoms with E-state index in [0.29, 0.717) is 13.0 Å².